The number of aromatic nitrogens is 3. The van der Waals surface area contributed by atoms with Crippen LogP contribution in [-0.2, 0) is 0 Å². The van der Waals surface area contributed by atoms with Gasteiger partial charge in [-0.2, -0.15) is 0 Å². The summed E-state index contributed by atoms with van der Waals surface area (Å²) in [6, 6.07) is 51.7. The van der Waals surface area contributed by atoms with Gasteiger partial charge in [0.2, 0.25) is 0 Å². The van der Waals surface area contributed by atoms with Crippen molar-refractivity contribution in [1.29, 1.82) is 0 Å². The van der Waals surface area contributed by atoms with Crippen LogP contribution >= 0.6 is 0 Å². The van der Waals surface area contributed by atoms with E-state index in [1.165, 1.54) is 44.5 Å². The van der Waals surface area contributed by atoms with Gasteiger partial charge in [-0.15, -0.1) is 5.10 Å². The zero-order chi connectivity index (χ0) is 26.0. The molecule has 0 aliphatic rings. The molecule has 0 aliphatic carbocycles. The number of fused-ring (bicyclic) bond motifs is 3. The van der Waals surface area contributed by atoms with Gasteiger partial charge in [-0.05, 0) is 62.7 Å². The Hall–Kier alpha value is -5.28. The predicted molar refractivity (Wildman–Crippen MR) is 160 cm³/mol. The van der Waals surface area contributed by atoms with E-state index in [2.05, 4.69) is 156 Å². The summed E-state index contributed by atoms with van der Waals surface area (Å²) in [5.41, 5.74) is 11.6. The number of hydrogen-bond donors (Lipinski definition) is 0. The smallest absolute Gasteiger partial charge is 0.0872 e. The van der Waals surface area contributed by atoms with Crippen LogP contribution in [0.4, 0.5) is 0 Å². The van der Waals surface area contributed by atoms with Gasteiger partial charge in [-0.25, -0.2) is 4.52 Å². The van der Waals surface area contributed by atoms with Crippen molar-refractivity contribution in [1.82, 2.24) is 14.8 Å². The van der Waals surface area contributed by atoms with E-state index in [0.717, 1.165) is 16.4 Å². The van der Waals surface area contributed by atoms with Crippen molar-refractivity contribution in [2.24, 2.45) is 0 Å². The van der Waals surface area contributed by atoms with Crippen molar-refractivity contribution in [3.05, 3.63) is 174 Å². The Labute approximate surface area is 227 Å². The van der Waals surface area contributed by atoms with Gasteiger partial charge in [0.05, 0.1) is 17.2 Å². The molecule has 0 amide bonds. The molecule has 3 heteroatoms. The third kappa shape index (κ3) is 4.30. The SMILES string of the molecule is c1ccc(C(=C(c2ccccc2)c2ccc(-c3ccc4c(ccc5cnnn54)c3)cc2)c2ccccc2)cc1. The van der Waals surface area contributed by atoms with Crippen LogP contribution in [0, 0.1) is 0 Å². The molecular weight excluding hydrogens is 474 g/mol. The molecule has 7 aromatic rings. The first-order chi connectivity index (χ1) is 19.3. The molecule has 2 heterocycles. The van der Waals surface area contributed by atoms with Gasteiger partial charge in [0, 0.05) is 5.39 Å². The molecule has 0 atom stereocenters. The fourth-order valence-corrected chi connectivity index (χ4v) is 5.33. The molecule has 2 aromatic heterocycles. The highest BCUT2D eigenvalue weighted by molar-refractivity contribution is 6.04. The minimum absolute atomic E-state index is 0.993. The van der Waals surface area contributed by atoms with Gasteiger partial charge < -0.3 is 0 Å². The number of nitrogens with zero attached hydrogens (tertiary/aromatic N) is 3. The van der Waals surface area contributed by atoms with E-state index in [1.54, 1.807) is 6.20 Å². The highest BCUT2D eigenvalue weighted by Crippen LogP contribution is 2.37. The van der Waals surface area contributed by atoms with Crippen LogP contribution in [0.2, 0.25) is 0 Å². The lowest BCUT2D eigenvalue weighted by atomic mass is 9.85. The summed E-state index contributed by atoms with van der Waals surface area (Å²) in [5, 5.41) is 9.42. The van der Waals surface area contributed by atoms with E-state index < -0.39 is 0 Å². The minimum Gasteiger partial charge on any atom is -0.213 e. The summed E-state index contributed by atoms with van der Waals surface area (Å²) in [6.45, 7) is 0. The molecule has 0 saturated heterocycles. The van der Waals surface area contributed by atoms with Crippen LogP contribution in [0.25, 0.3) is 38.7 Å². The van der Waals surface area contributed by atoms with E-state index >= 15 is 0 Å². The van der Waals surface area contributed by atoms with Crippen LogP contribution < -0.4 is 0 Å². The second-order valence-corrected chi connectivity index (χ2v) is 9.60. The Balaban J connectivity index is 1.39. The van der Waals surface area contributed by atoms with Gasteiger partial charge in [-0.1, -0.05) is 133 Å². The third-order valence-electron chi connectivity index (χ3n) is 7.21. The quantitative estimate of drug-likeness (QED) is 0.222. The Morgan fingerprint density at radius 1 is 0.462 bits per heavy atom. The second kappa shape index (κ2) is 9.88. The molecule has 0 aliphatic heterocycles. The molecule has 0 radical (unpaired) electrons. The molecule has 0 spiro atoms. The highest BCUT2D eigenvalue weighted by atomic mass is 15.4. The average Bonchev–Trinajstić information content (AvgIpc) is 3.51. The predicted octanol–water partition coefficient (Wildman–Crippen LogP) is 8.56. The normalized spacial score (nSPS) is 11.1. The molecule has 0 bridgehead atoms. The zero-order valence-corrected chi connectivity index (χ0v) is 21.3. The van der Waals surface area contributed by atoms with Crippen LogP contribution in [0.15, 0.2) is 152 Å². The summed E-state index contributed by atoms with van der Waals surface area (Å²) in [6.07, 6.45) is 1.78. The van der Waals surface area contributed by atoms with Crippen molar-refractivity contribution in [3.63, 3.8) is 0 Å². The molecule has 0 saturated carbocycles. The molecule has 184 valence electrons. The molecule has 39 heavy (non-hydrogen) atoms. The minimum atomic E-state index is 0.993. The van der Waals surface area contributed by atoms with Gasteiger partial charge >= 0.3 is 0 Å². The fraction of sp³-hybridized carbons (Fsp3) is 0. The Morgan fingerprint density at radius 3 is 1.54 bits per heavy atom. The summed E-state index contributed by atoms with van der Waals surface area (Å²) in [5.74, 6) is 0. The molecular formula is C36H25N3. The van der Waals surface area contributed by atoms with Crippen molar-refractivity contribution in [2.75, 3.05) is 0 Å². The van der Waals surface area contributed by atoms with Gasteiger partial charge in [0.1, 0.15) is 0 Å². The first-order valence-electron chi connectivity index (χ1n) is 13.1. The molecule has 0 fully saturated rings. The van der Waals surface area contributed by atoms with Crippen molar-refractivity contribution >= 4 is 27.6 Å². The lowest BCUT2D eigenvalue weighted by Crippen LogP contribution is -1.97. The topological polar surface area (TPSA) is 30.2 Å². The van der Waals surface area contributed by atoms with Crippen LogP contribution in [0.1, 0.15) is 22.3 Å². The summed E-state index contributed by atoms with van der Waals surface area (Å²) >= 11 is 0. The van der Waals surface area contributed by atoms with Crippen molar-refractivity contribution in [2.45, 2.75) is 0 Å². The van der Waals surface area contributed by atoms with Gasteiger partial charge in [0.15, 0.2) is 0 Å². The number of rotatable bonds is 5. The van der Waals surface area contributed by atoms with E-state index in [9.17, 15) is 0 Å². The molecule has 7 rings (SSSR count). The van der Waals surface area contributed by atoms with E-state index in [-0.39, 0.29) is 0 Å². The Morgan fingerprint density at radius 2 is 0.974 bits per heavy atom. The van der Waals surface area contributed by atoms with Crippen molar-refractivity contribution in [3.8, 4) is 11.1 Å². The van der Waals surface area contributed by atoms with Crippen molar-refractivity contribution < 1.29 is 0 Å². The lowest BCUT2D eigenvalue weighted by Gasteiger charge is -2.18. The number of benzene rings is 5. The summed E-state index contributed by atoms with van der Waals surface area (Å²) in [7, 11) is 0. The number of hydrogen-bond acceptors (Lipinski definition) is 2. The fourth-order valence-electron chi connectivity index (χ4n) is 5.33. The molecule has 0 unspecified atom stereocenters. The van der Waals surface area contributed by atoms with Crippen LogP contribution in [-0.4, -0.2) is 14.8 Å². The van der Waals surface area contributed by atoms with Gasteiger partial charge in [-0.3, -0.25) is 0 Å². The van der Waals surface area contributed by atoms with E-state index in [0.29, 0.717) is 0 Å². The van der Waals surface area contributed by atoms with Crippen LogP contribution in [0.5, 0.6) is 0 Å². The lowest BCUT2D eigenvalue weighted by molar-refractivity contribution is 0.882. The molecule has 3 nitrogen and oxygen atoms in total. The Bertz CT molecular complexity index is 1880. The summed E-state index contributed by atoms with van der Waals surface area (Å²) in [4.78, 5) is 0. The van der Waals surface area contributed by atoms with E-state index in [1.807, 2.05) is 4.52 Å². The van der Waals surface area contributed by atoms with Crippen LogP contribution in [0.3, 0.4) is 0 Å². The maximum Gasteiger partial charge on any atom is 0.0872 e. The monoisotopic (exact) mass is 499 g/mol. The average molecular weight is 500 g/mol. The largest absolute Gasteiger partial charge is 0.213 e. The summed E-state index contributed by atoms with van der Waals surface area (Å²) < 4.78 is 1.88. The first kappa shape index (κ1) is 22.9. The maximum absolute atomic E-state index is 4.24. The standard InChI is InChI=1S/C36H25N3/c1-4-10-27(11-5-1)35(28-12-6-2-7-13-28)36(29-14-8-3-9-15-29)30-18-16-26(17-19-30)31-21-23-34-32(24-31)20-22-33-25-37-38-39(33)34/h1-25H. The second-order valence-electron chi connectivity index (χ2n) is 9.60. The highest BCUT2D eigenvalue weighted by Gasteiger charge is 2.16. The Kier molecular flexibility index (Phi) is 5.80. The first-order valence-corrected chi connectivity index (χ1v) is 13.1. The molecule has 0 N–H and O–H groups in total. The van der Waals surface area contributed by atoms with E-state index in [4.69, 9.17) is 0 Å². The maximum atomic E-state index is 4.24. The zero-order valence-electron chi connectivity index (χ0n) is 21.3. The third-order valence-corrected chi connectivity index (χ3v) is 7.21. The van der Waals surface area contributed by atoms with Gasteiger partial charge in [0.25, 0.3) is 0 Å². The molecule has 5 aromatic carbocycles. The number of pyridine rings is 1.